The first-order valence-electron chi connectivity index (χ1n) is 6.17. The topological polar surface area (TPSA) is 101 Å². The second kappa shape index (κ2) is 5.30. The van der Waals surface area contributed by atoms with Gasteiger partial charge in [0.25, 0.3) is 0 Å². The molecule has 2 aromatic rings. The summed E-state index contributed by atoms with van der Waals surface area (Å²) in [5.41, 5.74) is 1.89. The average Bonchev–Trinajstić information content (AvgIpc) is 2.41. The van der Waals surface area contributed by atoms with E-state index >= 15 is 0 Å². The SMILES string of the molecule is CCOC(=O)N(N)c1nc(=O)[nH]c2ccc(C)c(C)c12. The van der Waals surface area contributed by atoms with Gasteiger partial charge in [-0.2, -0.15) is 9.99 Å². The van der Waals surface area contributed by atoms with Crippen LogP contribution >= 0.6 is 0 Å². The highest BCUT2D eigenvalue weighted by Crippen LogP contribution is 2.26. The lowest BCUT2D eigenvalue weighted by molar-refractivity contribution is 0.159. The second-order valence-electron chi connectivity index (χ2n) is 4.36. The van der Waals surface area contributed by atoms with Crippen LogP contribution in [0.3, 0.4) is 0 Å². The number of aryl methyl sites for hydroxylation is 2. The van der Waals surface area contributed by atoms with Crippen molar-refractivity contribution in [3.8, 4) is 0 Å². The third-order valence-electron chi connectivity index (χ3n) is 3.10. The van der Waals surface area contributed by atoms with E-state index < -0.39 is 11.8 Å². The molecule has 0 saturated carbocycles. The van der Waals surface area contributed by atoms with Crippen molar-refractivity contribution in [2.75, 3.05) is 11.6 Å². The van der Waals surface area contributed by atoms with Crippen LogP contribution in [0.4, 0.5) is 10.6 Å². The van der Waals surface area contributed by atoms with Crippen LogP contribution in [0, 0.1) is 13.8 Å². The number of aromatic nitrogens is 2. The maximum absolute atomic E-state index is 11.7. The van der Waals surface area contributed by atoms with E-state index in [1.54, 1.807) is 13.0 Å². The fraction of sp³-hybridized carbons (Fsp3) is 0.308. The summed E-state index contributed by atoms with van der Waals surface area (Å²) in [4.78, 5) is 29.7. The molecule has 0 spiro atoms. The maximum atomic E-state index is 11.7. The summed E-state index contributed by atoms with van der Waals surface area (Å²) in [5.74, 6) is 5.81. The number of aromatic amines is 1. The highest BCUT2D eigenvalue weighted by atomic mass is 16.6. The van der Waals surface area contributed by atoms with Crippen LogP contribution in [0.5, 0.6) is 0 Å². The van der Waals surface area contributed by atoms with Crippen LogP contribution in [0.1, 0.15) is 18.1 Å². The fourth-order valence-corrected chi connectivity index (χ4v) is 1.96. The lowest BCUT2D eigenvalue weighted by Crippen LogP contribution is -2.40. The van der Waals surface area contributed by atoms with Gasteiger partial charge in [-0.3, -0.25) is 0 Å². The number of hydrogen-bond donors (Lipinski definition) is 2. The lowest BCUT2D eigenvalue weighted by atomic mass is 10.0. The summed E-state index contributed by atoms with van der Waals surface area (Å²) in [6.45, 7) is 5.66. The number of amides is 1. The number of nitrogens with two attached hydrogens (primary N) is 1. The van der Waals surface area contributed by atoms with E-state index in [2.05, 4.69) is 9.97 Å². The fourth-order valence-electron chi connectivity index (χ4n) is 1.96. The number of hydrogen-bond acceptors (Lipinski definition) is 5. The van der Waals surface area contributed by atoms with E-state index in [-0.39, 0.29) is 12.4 Å². The van der Waals surface area contributed by atoms with Gasteiger partial charge in [0.05, 0.1) is 12.1 Å². The van der Waals surface area contributed by atoms with Gasteiger partial charge < -0.3 is 9.72 Å². The predicted molar refractivity (Wildman–Crippen MR) is 75.5 cm³/mol. The molecule has 0 aliphatic rings. The van der Waals surface area contributed by atoms with Crippen molar-refractivity contribution in [3.63, 3.8) is 0 Å². The minimum Gasteiger partial charge on any atom is -0.448 e. The van der Waals surface area contributed by atoms with E-state index in [4.69, 9.17) is 10.6 Å². The lowest BCUT2D eigenvalue weighted by Gasteiger charge is -2.17. The number of rotatable bonds is 2. The number of carbonyl (C=O) groups excluding carboxylic acids is 1. The molecule has 1 heterocycles. The Hall–Kier alpha value is -2.41. The Bertz CT molecular complexity index is 723. The standard InChI is InChI=1S/C13H16N4O3/c1-4-20-13(19)17(14)11-10-8(3)7(2)5-6-9(10)15-12(18)16-11/h5-6H,4,14H2,1-3H3,(H,15,16,18). The van der Waals surface area contributed by atoms with Gasteiger partial charge in [-0.1, -0.05) is 6.07 Å². The minimum absolute atomic E-state index is 0.0865. The molecule has 0 aliphatic heterocycles. The molecular weight excluding hydrogens is 260 g/mol. The van der Waals surface area contributed by atoms with Crippen molar-refractivity contribution < 1.29 is 9.53 Å². The number of fused-ring (bicyclic) bond motifs is 1. The first kappa shape index (κ1) is 14.0. The van der Waals surface area contributed by atoms with Gasteiger partial charge in [0.2, 0.25) is 0 Å². The highest BCUT2D eigenvalue weighted by molar-refractivity contribution is 5.99. The van der Waals surface area contributed by atoms with Crippen LogP contribution < -0.4 is 16.5 Å². The van der Waals surface area contributed by atoms with Crippen LogP contribution in [0.15, 0.2) is 16.9 Å². The molecular formula is C13H16N4O3. The van der Waals surface area contributed by atoms with Crippen molar-refractivity contribution in [1.29, 1.82) is 0 Å². The molecule has 7 nitrogen and oxygen atoms in total. The summed E-state index contributed by atoms with van der Waals surface area (Å²) in [7, 11) is 0. The number of ether oxygens (including phenoxy) is 1. The number of carbonyl (C=O) groups is 1. The van der Waals surface area contributed by atoms with Gasteiger partial charge in [-0.05, 0) is 38.0 Å². The van der Waals surface area contributed by atoms with Gasteiger partial charge in [-0.15, -0.1) is 0 Å². The zero-order chi connectivity index (χ0) is 14.9. The first-order chi connectivity index (χ1) is 9.45. The number of anilines is 1. The van der Waals surface area contributed by atoms with Gasteiger partial charge in [0.1, 0.15) is 0 Å². The van der Waals surface area contributed by atoms with Gasteiger partial charge >= 0.3 is 11.8 Å². The zero-order valence-electron chi connectivity index (χ0n) is 11.6. The molecule has 0 unspecified atom stereocenters. The molecule has 0 saturated heterocycles. The summed E-state index contributed by atoms with van der Waals surface area (Å²) < 4.78 is 4.83. The van der Waals surface area contributed by atoms with Gasteiger partial charge in [0.15, 0.2) is 5.82 Å². The Morgan fingerprint density at radius 3 is 2.80 bits per heavy atom. The number of H-pyrrole nitrogens is 1. The quantitative estimate of drug-likeness (QED) is 0.490. The van der Waals surface area contributed by atoms with E-state index in [1.807, 2.05) is 19.9 Å². The number of benzene rings is 1. The Kier molecular flexibility index (Phi) is 3.71. The molecule has 3 N–H and O–H groups in total. The molecule has 1 aromatic heterocycles. The Morgan fingerprint density at radius 2 is 2.15 bits per heavy atom. The van der Waals surface area contributed by atoms with Crippen LogP contribution in [-0.4, -0.2) is 22.7 Å². The third kappa shape index (κ3) is 2.35. The van der Waals surface area contributed by atoms with E-state index in [0.717, 1.165) is 16.1 Å². The molecule has 2 rings (SSSR count). The summed E-state index contributed by atoms with van der Waals surface area (Å²) in [6.07, 6.45) is -0.757. The van der Waals surface area contributed by atoms with Crippen molar-refractivity contribution >= 4 is 22.8 Å². The number of nitrogens with zero attached hydrogens (tertiary/aromatic N) is 2. The largest absolute Gasteiger partial charge is 0.448 e. The molecule has 106 valence electrons. The third-order valence-corrected chi connectivity index (χ3v) is 3.10. The summed E-state index contributed by atoms with van der Waals surface area (Å²) in [6, 6.07) is 3.63. The van der Waals surface area contributed by atoms with Crippen molar-refractivity contribution in [3.05, 3.63) is 33.7 Å². The van der Waals surface area contributed by atoms with Crippen LogP contribution in [-0.2, 0) is 4.74 Å². The van der Waals surface area contributed by atoms with E-state index in [9.17, 15) is 9.59 Å². The molecule has 1 aromatic carbocycles. The van der Waals surface area contributed by atoms with Crippen molar-refractivity contribution in [2.24, 2.45) is 5.84 Å². The Morgan fingerprint density at radius 1 is 1.45 bits per heavy atom. The predicted octanol–water partition coefficient (Wildman–Crippen LogP) is 1.38. The molecule has 0 bridgehead atoms. The van der Waals surface area contributed by atoms with Crippen LogP contribution in [0.25, 0.3) is 10.9 Å². The van der Waals surface area contributed by atoms with E-state index in [1.165, 1.54) is 0 Å². The monoisotopic (exact) mass is 276 g/mol. The molecule has 0 fully saturated rings. The summed E-state index contributed by atoms with van der Waals surface area (Å²) in [5, 5.41) is 1.38. The van der Waals surface area contributed by atoms with Gasteiger partial charge in [0, 0.05) is 5.39 Å². The smallest absolute Gasteiger partial charge is 0.430 e. The molecule has 0 atom stereocenters. The molecule has 0 aliphatic carbocycles. The number of hydrazine groups is 1. The Labute approximate surface area is 115 Å². The molecule has 7 heteroatoms. The highest BCUT2D eigenvalue weighted by Gasteiger charge is 2.19. The average molecular weight is 276 g/mol. The molecule has 20 heavy (non-hydrogen) atoms. The zero-order valence-corrected chi connectivity index (χ0v) is 11.6. The minimum atomic E-state index is -0.757. The Balaban J connectivity index is 2.71. The normalized spacial score (nSPS) is 10.6. The van der Waals surface area contributed by atoms with Crippen molar-refractivity contribution in [2.45, 2.75) is 20.8 Å². The molecule has 1 amide bonds. The number of nitrogens with one attached hydrogen (secondary N) is 1. The second-order valence-corrected chi connectivity index (χ2v) is 4.36. The summed E-state index contributed by atoms with van der Waals surface area (Å²) >= 11 is 0. The maximum Gasteiger partial charge on any atom is 0.430 e. The van der Waals surface area contributed by atoms with Crippen molar-refractivity contribution in [1.82, 2.24) is 9.97 Å². The first-order valence-corrected chi connectivity index (χ1v) is 6.17. The van der Waals surface area contributed by atoms with Gasteiger partial charge in [-0.25, -0.2) is 15.4 Å². The van der Waals surface area contributed by atoms with Crippen LogP contribution in [0.2, 0.25) is 0 Å². The molecule has 0 radical (unpaired) electrons. The van der Waals surface area contributed by atoms with E-state index in [0.29, 0.717) is 10.9 Å².